The van der Waals surface area contributed by atoms with Gasteiger partial charge in [-0.05, 0) is 0 Å². The Bertz CT molecular complexity index is 21.8. The normalized spacial score (nSPS) is 2.00. The molecule has 3 nitrogen and oxygen atoms in total. The third-order valence-electron chi connectivity index (χ3n) is 0. The van der Waals surface area contributed by atoms with E-state index in [1.165, 1.54) is 0 Å². The van der Waals surface area contributed by atoms with Crippen LogP contribution in [0.25, 0.3) is 0 Å². The molecule has 0 fully saturated rings. The number of hydrogen-bond donors (Lipinski definition) is 0. The van der Waals surface area contributed by atoms with Gasteiger partial charge in [-0.1, -0.05) is 0 Å². The molecule has 0 amide bonds. The van der Waals surface area contributed by atoms with Crippen LogP contribution in [0.4, 0.5) is 0 Å². The second-order valence-corrected chi connectivity index (χ2v) is 0. The molecule has 0 spiro atoms. The Balaban J connectivity index is -0.00000000321. The van der Waals surface area contributed by atoms with E-state index in [0.29, 0.717) is 0 Å². The fourth-order valence-corrected chi connectivity index (χ4v) is 0. The SMILES string of the molecule is Cl.Cl.[Ca+2].[O]=[Cu].[O]=[Cu].[O]=[Cu]. The summed E-state index contributed by atoms with van der Waals surface area (Å²) in [5.41, 5.74) is 0. The quantitative estimate of drug-likeness (QED) is 0.582. The summed E-state index contributed by atoms with van der Waals surface area (Å²) in [7, 11) is 0. The Hall–Kier alpha value is 2.80. The molecule has 67 valence electrons. The van der Waals surface area contributed by atoms with Crippen LogP contribution in [-0.4, -0.2) is 37.7 Å². The van der Waals surface area contributed by atoms with Crippen molar-refractivity contribution in [3.63, 3.8) is 0 Å². The third kappa shape index (κ3) is 107. The van der Waals surface area contributed by atoms with E-state index in [0.717, 1.165) is 0 Å². The van der Waals surface area contributed by atoms with Gasteiger partial charge >= 0.3 is 97.1 Å². The summed E-state index contributed by atoms with van der Waals surface area (Å²) in [6.45, 7) is 0. The first-order chi connectivity index (χ1) is 3.00. The first-order valence-electron chi connectivity index (χ1n) is 0.369. The fraction of sp³-hybridized carbons (Fsp3) is 0. The molecule has 0 aliphatic rings. The molecular formula is H2CaCl2Cu3O3+2. The Kier molecular flexibility index (Phi) is 602. The third-order valence-corrected chi connectivity index (χ3v) is 0. The molecule has 0 aromatic carbocycles. The zero-order chi connectivity index (χ0) is 6.00. The minimum atomic E-state index is 0. The van der Waals surface area contributed by atoms with Gasteiger partial charge in [-0.3, -0.25) is 0 Å². The molecule has 0 saturated carbocycles. The summed E-state index contributed by atoms with van der Waals surface area (Å²) in [6.07, 6.45) is 0. The molecule has 9 heavy (non-hydrogen) atoms. The summed E-state index contributed by atoms with van der Waals surface area (Å²) in [4.78, 5) is 0. The topological polar surface area (TPSA) is 51.2 Å². The molecule has 0 aromatic rings. The van der Waals surface area contributed by atoms with E-state index in [1.807, 2.05) is 0 Å². The van der Waals surface area contributed by atoms with Crippen LogP contribution in [0.2, 0.25) is 0 Å². The summed E-state index contributed by atoms with van der Waals surface area (Å²) < 4.78 is 23.4. The second kappa shape index (κ2) is 132. The van der Waals surface area contributed by atoms with E-state index in [4.69, 9.17) is 11.5 Å². The first-order valence-corrected chi connectivity index (χ1v) is 1.52. The predicted octanol–water partition coefficient (Wildman–Crippen LogP) is 0.0989. The molecule has 0 atom stereocenters. The molecule has 0 radical (unpaired) electrons. The standard InChI is InChI=1S/Ca.2ClH.3Cu.3O/h;2*1H;;;;;;/q+2;;;;;;;;. The Morgan fingerprint density at radius 2 is 0.556 bits per heavy atom. The second-order valence-electron chi connectivity index (χ2n) is 0. The Labute approximate surface area is 120 Å². The van der Waals surface area contributed by atoms with Crippen LogP contribution in [0.5, 0.6) is 0 Å². The van der Waals surface area contributed by atoms with Gasteiger partial charge in [0.15, 0.2) is 0 Å². The fourth-order valence-electron chi connectivity index (χ4n) is 0. The van der Waals surface area contributed by atoms with Crippen molar-refractivity contribution in [1.29, 1.82) is 0 Å². The van der Waals surface area contributed by atoms with Gasteiger partial charge in [0.1, 0.15) is 0 Å². The van der Waals surface area contributed by atoms with Crippen LogP contribution in [0, 0.1) is 0 Å². The van der Waals surface area contributed by atoms with E-state index in [1.54, 1.807) is 0 Å². The van der Waals surface area contributed by atoms with Crippen molar-refractivity contribution in [3.05, 3.63) is 0 Å². The molecule has 0 aliphatic carbocycles. The van der Waals surface area contributed by atoms with Gasteiger partial charge in [-0.15, -0.1) is 24.8 Å². The van der Waals surface area contributed by atoms with Crippen molar-refractivity contribution >= 4 is 62.6 Å². The van der Waals surface area contributed by atoms with E-state index >= 15 is 0 Å². The van der Waals surface area contributed by atoms with E-state index < -0.39 is 0 Å². The number of halogens is 2. The summed E-state index contributed by atoms with van der Waals surface area (Å²) in [5, 5.41) is 0. The molecule has 0 unspecified atom stereocenters. The van der Waals surface area contributed by atoms with Crippen molar-refractivity contribution < 1.29 is 59.3 Å². The molecule has 0 aromatic heterocycles. The summed E-state index contributed by atoms with van der Waals surface area (Å²) in [5.74, 6) is 0. The average molecular weight is 352 g/mol. The van der Waals surface area contributed by atoms with Crippen LogP contribution in [0.1, 0.15) is 0 Å². The van der Waals surface area contributed by atoms with Crippen molar-refractivity contribution in [3.8, 4) is 0 Å². The summed E-state index contributed by atoms with van der Waals surface area (Å²) >= 11 is 8.81. The summed E-state index contributed by atoms with van der Waals surface area (Å²) in [6, 6.07) is 0. The van der Waals surface area contributed by atoms with Crippen molar-refractivity contribution in [2.24, 2.45) is 0 Å². The van der Waals surface area contributed by atoms with Crippen LogP contribution in [-0.2, 0) is 59.3 Å². The Morgan fingerprint density at radius 1 is 0.556 bits per heavy atom. The van der Waals surface area contributed by atoms with Crippen molar-refractivity contribution in [2.75, 3.05) is 0 Å². The predicted molar refractivity (Wildman–Crippen MR) is 22.3 cm³/mol. The van der Waals surface area contributed by atoms with Crippen LogP contribution in [0.3, 0.4) is 0 Å². The molecule has 0 aliphatic heterocycles. The van der Waals surface area contributed by atoms with Gasteiger partial charge in [-0.25, -0.2) is 0 Å². The van der Waals surface area contributed by atoms with Gasteiger partial charge in [-0.2, -0.15) is 0 Å². The maximum absolute atomic E-state index is 7.81. The van der Waals surface area contributed by atoms with Gasteiger partial charge in [0, 0.05) is 0 Å². The molecule has 0 heterocycles. The molecular weight excluding hydrogens is 350 g/mol. The zero-order valence-electron chi connectivity index (χ0n) is 3.65. The maximum atomic E-state index is 7.81. The molecule has 0 bridgehead atoms. The molecule has 0 N–H and O–H groups in total. The monoisotopic (exact) mass is 349 g/mol. The van der Waals surface area contributed by atoms with Gasteiger partial charge in [0.2, 0.25) is 0 Å². The van der Waals surface area contributed by atoms with E-state index in [9.17, 15) is 0 Å². The zero-order valence-corrected chi connectivity index (χ0v) is 10.3. The van der Waals surface area contributed by atoms with Crippen LogP contribution in [0.15, 0.2) is 0 Å². The molecule has 0 rings (SSSR count). The average Bonchev–Trinajstić information content (AvgIpc) is 1.81. The first kappa shape index (κ1) is 40.9. The molecule has 9 heteroatoms. The number of hydrogen-bond acceptors (Lipinski definition) is 3. The van der Waals surface area contributed by atoms with E-state index in [2.05, 4.69) is 47.8 Å². The van der Waals surface area contributed by atoms with Crippen molar-refractivity contribution in [1.82, 2.24) is 0 Å². The van der Waals surface area contributed by atoms with Crippen LogP contribution < -0.4 is 0 Å². The van der Waals surface area contributed by atoms with E-state index in [-0.39, 0.29) is 62.6 Å². The van der Waals surface area contributed by atoms with Gasteiger partial charge in [0.05, 0.1) is 0 Å². The van der Waals surface area contributed by atoms with Gasteiger partial charge < -0.3 is 0 Å². The van der Waals surface area contributed by atoms with Crippen molar-refractivity contribution in [2.45, 2.75) is 0 Å². The molecule has 0 saturated heterocycles. The Morgan fingerprint density at radius 3 is 0.556 bits per heavy atom. The van der Waals surface area contributed by atoms with Crippen LogP contribution >= 0.6 is 24.8 Å². The minimum absolute atomic E-state index is 0. The van der Waals surface area contributed by atoms with Gasteiger partial charge in [0.25, 0.3) is 0 Å². The number of rotatable bonds is 0.